The van der Waals surface area contributed by atoms with E-state index in [1.807, 2.05) is 0 Å². The Bertz CT molecular complexity index is 1120. The van der Waals surface area contributed by atoms with Crippen molar-refractivity contribution in [2.75, 3.05) is 21.3 Å². The smallest absolute Gasteiger partial charge is 0.359 e. The van der Waals surface area contributed by atoms with Crippen molar-refractivity contribution in [2.24, 2.45) is 0 Å². The Morgan fingerprint density at radius 3 is 2.54 bits per heavy atom. The number of rotatable bonds is 7. The fraction of sp³-hybridized carbons (Fsp3) is 0.520. The van der Waals surface area contributed by atoms with Crippen LogP contribution in [0.4, 0.5) is 0 Å². The second-order valence-corrected chi connectivity index (χ2v) is 9.21. The van der Waals surface area contributed by atoms with E-state index < -0.39 is 17.4 Å². The minimum Gasteiger partial charge on any atom is -0.497 e. The average molecular weight is 485 g/mol. The van der Waals surface area contributed by atoms with Crippen molar-refractivity contribution >= 4 is 17.8 Å². The Labute approximate surface area is 204 Å². The number of carbonyl (C=O) groups is 3. The fourth-order valence-corrected chi connectivity index (χ4v) is 4.92. The molecule has 1 saturated carbocycles. The maximum atomic E-state index is 13.9. The summed E-state index contributed by atoms with van der Waals surface area (Å²) in [4.78, 5) is 45.5. The fourth-order valence-electron chi connectivity index (χ4n) is 4.92. The van der Waals surface area contributed by atoms with Crippen molar-refractivity contribution in [2.45, 2.75) is 63.7 Å². The molecule has 1 fully saturated rings. The molecule has 10 heteroatoms. The third-order valence-corrected chi connectivity index (χ3v) is 6.99. The van der Waals surface area contributed by atoms with E-state index in [0.29, 0.717) is 17.1 Å². The lowest BCUT2D eigenvalue weighted by Crippen LogP contribution is -2.64. The van der Waals surface area contributed by atoms with Gasteiger partial charge in [-0.15, -0.1) is 0 Å². The quantitative estimate of drug-likeness (QED) is 0.601. The topological polar surface area (TPSA) is 112 Å². The van der Waals surface area contributed by atoms with Gasteiger partial charge in [-0.25, -0.2) is 9.78 Å². The predicted molar refractivity (Wildman–Crippen MR) is 126 cm³/mol. The first-order valence-electron chi connectivity index (χ1n) is 11.8. The molecule has 4 rings (SSSR count). The minimum absolute atomic E-state index is 0.0704. The van der Waals surface area contributed by atoms with E-state index in [9.17, 15) is 14.4 Å². The molecule has 2 heterocycles. The molecular formula is C25H32N4O6. The van der Waals surface area contributed by atoms with E-state index in [1.165, 1.54) is 31.9 Å². The second kappa shape index (κ2) is 9.97. The number of nitrogens with zero attached hydrogens (tertiary/aromatic N) is 3. The lowest BCUT2D eigenvalue weighted by Gasteiger charge is -2.44. The number of benzene rings is 1. The molecule has 2 amide bonds. The van der Waals surface area contributed by atoms with Crippen LogP contribution in [0, 0.1) is 0 Å². The molecular weight excluding hydrogens is 452 g/mol. The van der Waals surface area contributed by atoms with Gasteiger partial charge in [0.2, 0.25) is 5.91 Å². The monoisotopic (exact) mass is 484 g/mol. The van der Waals surface area contributed by atoms with Crippen molar-refractivity contribution in [3.05, 3.63) is 41.5 Å². The standard InChI is InChI=1S/C25H32N4O6/c1-25(24(32)27-17-8-6-5-7-9-17)14-28-15-26-20(23(31)35-4)21(28)22(30)29(25)13-16-10-11-18(33-2)12-19(16)34-3/h10-12,15,17H,5-9,13-14H2,1-4H3,(H,27,32). The number of nitrogens with one attached hydrogen (secondary N) is 1. The predicted octanol–water partition coefficient (Wildman–Crippen LogP) is 2.55. The molecule has 1 N–H and O–H groups in total. The van der Waals surface area contributed by atoms with Crippen LogP contribution in [0.1, 0.15) is 65.6 Å². The van der Waals surface area contributed by atoms with E-state index in [-0.39, 0.29) is 36.4 Å². The highest BCUT2D eigenvalue weighted by molar-refractivity contribution is 6.06. The van der Waals surface area contributed by atoms with Gasteiger partial charge in [0.1, 0.15) is 22.7 Å². The van der Waals surface area contributed by atoms with E-state index >= 15 is 0 Å². The van der Waals surface area contributed by atoms with Crippen LogP contribution in [-0.4, -0.2) is 65.1 Å². The number of esters is 1. The number of methoxy groups -OCH3 is 3. The van der Waals surface area contributed by atoms with Crippen molar-refractivity contribution in [3.8, 4) is 11.5 Å². The molecule has 1 aliphatic carbocycles. The number of aromatic nitrogens is 2. The molecule has 1 aromatic carbocycles. The third-order valence-electron chi connectivity index (χ3n) is 6.99. The van der Waals surface area contributed by atoms with Crippen molar-refractivity contribution in [1.29, 1.82) is 0 Å². The number of carbonyl (C=O) groups excluding carboxylic acids is 3. The minimum atomic E-state index is -1.22. The highest BCUT2D eigenvalue weighted by atomic mass is 16.5. The summed E-state index contributed by atoms with van der Waals surface area (Å²) in [5.74, 6) is -0.277. The van der Waals surface area contributed by atoms with Crippen LogP contribution in [0.3, 0.4) is 0 Å². The average Bonchev–Trinajstić information content (AvgIpc) is 3.30. The van der Waals surface area contributed by atoms with Crippen molar-refractivity contribution in [3.63, 3.8) is 0 Å². The molecule has 2 aromatic rings. The van der Waals surface area contributed by atoms with Gasteiger partial charge in [0.15, 0.2) is 5.69 Å². The molecule has 0 saturated heterocycles. The summed E-state index contributed by atoms with van der Waals surface area (Å²) in [6, 6.07) is 5.39. The Balaban J connectivity index is 1.74. The van der Waals surface area contributed by atoms with Gasteiger partial charge in [0.25, 0.3) is 5.91 Å². The lowest BCUT2D eigenvalue weighted by atomic mass is 9.90. The normalized spacial score (nSPS) is 20.2. The Kier molecular flexibility index (Phi) is 7.00. The van der Waals surface area contributed by atoms with Crippen LogP contribution in [0.2, 0.25) is 0 Å². The molecule has 0 radical (unpaired) electrons. The first-order chi connectivity index (χ1) is 16.8. The van der Waals surface area contributed by atoms with Gasteiger partial charge in [-0.05, 0) is 31.9 Å². The van der Waals surface area contributed by atoms with E-state index in [4.69, 9.17) is 14.2 Å². The number of ether oxygens (including phenoxy) is 3. The van der Waals surface area contributed by atoms with Crippen molar-refractivity contribution in [1.82, 2.24) is 19.8 Å². The summed E-state index contributed by atoms with van der Waals surface area (Å²) >= 11 is 0. The number of hydrogen-bond donors (Lipinski definition) is 1. The number of imidazole rings is 1. The second-order valence-electron chi connectivity index (χ2n) is 9.21. The Morgan fingerprint density at radius 2 is 1.89 bits per heavy atom. The highest BCUT2D eigenvalue weighted by Crippen LogP contribution is 2.34. The van der Waals surface area contributed by atoms with Crippen LogP contribution < -0.4 is 14.8 Å². The molecule has 10 nitrogen and oxygen atoms in total. The summed E-state index contributed by atoms with van der Waals surface area (Å²) in [6.45, 7) is 1.99. The maximum Gasteiger partial charge on any atom is 0.359 e. The zero-order valence-electron chi connectivity index (χ0n) is 20.6. The van der Waals surface area contributed by atoms with E-state index in [1.54, 1.807) is 36.8 Å². The molecule has 1 atom stereocenters. The Hall–Kier alpha value is -3.56. The molecule has 0 spiro atoms. The summed E-state index contributed by atoms with van der Waals surface area (Å²) in [6.07, 6.45) is 6.57. The van der Waals surface area contributed by atoms with Gasteiger partial charge in [-0.1, -0.05) is 19.3 Å². The van der Waals surface area contributed by atoms with Gasteiger partial charge < -0.3 is 29.0 Å². The van der Waals surface area contributed by atoms with Gasteiger partial charge >= 0.3 is 5.97 Å². The number of hydrogen-bond acceptors (Lipinski definition) is 7. The van der Waals surface area contributed by atoms with E-state index in [0.717, 1.165) is 25.7 Å². The lowest BCUT2D eigenvalue weighted by molar-refractivity contribution is -0.134. The SMILES string of the molecule is COC(=O)c1ncn2c1C(=O)N(Cc1ccc(OC)cc1OC)C(C)(C(=O)NC1CCCCC1)C2. The van der Waals surface area contributed by atoms with Crippen LogP contribution in [0.25, 0.3) is 0 Å². The highest BCUT2D eigenvalue weighted by Gasteiger charge is 2.49. The van der Waals surface area contributed by atoms with Gasteiger partial charge in [-0.2, -0.15) is 0 Å². The van der Waals surface area contributed by atoms with Gasteiger partial charge in [-0.3, -0.25) is 9.59 Å². The van der Waals surface area contributed by atoms with Crippen LogP contribution in [-0.2, 0) is 22.6 Å². The molecule has 0 bridgehead atoms. The van der Waals surface area contributed by atoms with E-state index in [2.05, 4.69) is 10.3 Å². The number of amides is 2. The summed E-state index contributed by atoms with van der Waals surface area (Å²) in [5, 5.41) is 3.17. The number of fused-ring (bicyclic) bond motifs is 1. The van der Waals surface area contributed by atoms with Crippen LogP contribution in [0.15, 0.2) is 24.5 Å². The summed E-state index contributed by atoms with van der Waals surface area (Å²) in [5.41, 5.74) is -0.488. The zero-order valence-corrected chi connectivity index (χ0v) is 20.6. The summed E-state index contributed by atoms with van der Waals surface area (Å²) in [7, 11) is 4.34. The first kappa shape index (κ1) is 24.6. The summed E-state index contributed by atoms with van der Waals surface area (Å²) < 4.78 is 17.2. The molecule has 35 heavy (non-hydrogen) atoms. The molecule has 1 aliphatic heterocycles. The largest absolute Gasteiger partial charge is 0.497 e. The zero-order chi connectivity index (χ0) is 25.2. The van der Waals surface area contributed by atoms with Crippen molar-refractivity contribution < 1.29 is 28.6 Å². The molecule has 2 aliphatic rings. The van der Waals surface area contributed by atoms with Gasteiger partial charge in [0, 0.05) is 17.7 Å². The van der Waals surface area contributed by atoms with Crippen LogP contribution >= 0.6 is 0 Å². The molecule has 188 valence electrons. The first-order valence-corrected chi connectivity index (χ1v) is 11.8. The third kappa shape index (κ3) is 4.56. The maximum absolute atomic E-state index is 13.9. The van der Waals surface area contributed by atoms with Crippen LogP contribution in [0.5, 0.6) is 11.5 Å². The van der Waals surface area contributed by atoms with Gasteiger partial charge in [0.05, 0.1) is 40.7 Å². The molecule has 1 aromatic heterocycles. The Morgan fingerprint density at radius 1 is 1.14 bits per heavy atom. The molecule has 1 unspecified atom stereocenters.